The molecule has 5 nitrogen and oxygen atoms in total. The Morgan fingerprint density at radius 3 is 2.68 bits per heavy atom. The number of aromatic nitrogens is 5. The molecule has 5 heteroatoms. The zero-order chi connectivity index (χ0) is 14.9. The van der Waals surface area contributed by atoms with Crippen molar-refractivity contribution >= 4 is 0 Å². The number of rotatable bonds is 2. The first kappa shape index (κ1) is 13.2. The molecule has 2 aromatic heterocycles. The van der Waals surface area contributed by atoms with Crippen LogP contribution in [0.5, 0.6) is 0 Å². The zero-order valence-electron chi connectivity index (χ0n) is 12.7. The minimum Gasteiger partial charge on any atom is -0.310 e. The van der Waals surface area contributed by atoms with Gasteiger partial charge in [0.15, 0.2) is 5.82 Å². The summed E-state index contributed by atoms with van der Waals surface area (Å²) in [5.74, 6) is 2.63. The first-order valence-corrected chi connectivity index (χ1v) is 7.78. The average molecular weight is 293 g/mol. The van der Waals surface area contributed by atoms with Gasteiger partial charge in [0, 0.05) is 26.2 Å². The van der Waals surface area contributed by atoms with Crippen LogP contribution in [-0.4, -0.2) is 24.5 Å². The Morgan fingerprint density at radius 1 is 1.05 bits per heavy atom. The molecule has 0 bridgehead atoms. The molecule has 0 radical (unpaired) electrons. The molecule has 22 heavy (non-hydrogen) atoms. The summed E-state index contributed by atoms with van der Waals surface area (Å²) in [7, 11) is 1.94. The van der Waals surface area contributed by atoms with Crippen LogP contribution in [0.3, 0.4) is 0 Å². The van der Waals surface area contributed by atoms with E-state index in [9.17, 15) is 0 Å². The maximum Gasteiger partial charge on any atom is 0.182 e. The van der Waals surface area contributed by atoms with Gasteiger partial charge < -0.3 is 4.57 Å². The lowest BCUT2D eigenvalue weighted by Gasteiger charge is -2.14. The Bertz CT molecular complexity index is 771. The Labute approximate surface area is 129 Å². The lowest BCUT2D eigenvalue weighted by atomic mass is 9.92. The van der Waals surface area contributed by atoms with Crippen LogP contribution < -0.4 is 0 Å². The minimum atomic E-state index is 0.599. The second-order valence-electron chi connectivity index (χ2n) is 5.87. The monoisotopic (exact) mass is 293 g/mol. The van der Waals surface area contributed by atoms with Crippen molar-refractivity contribution in [1.82, 2.24) is 24.5 Å². The molecule has 1 aliphatic rings. The van der Waals surface area contributed by atoms with Crippen LogP contribution in [0.15, 0.2) is 42.6 Å². The molecule has 0 saturated heterocycles. The van der Waals surface area contributed by atoms with Crippen LogP contribution in [0.25, 0.3) is 11.5 Å². The normalized spacial score (nSPS) is 18.0. The summed E-state index contributed by atoms with van der Waals surface area (Å²) >= 11 is 0. The number of aryl methyl sites for hydroxylation is 2. The highest BCUT2D eigenvalue weighted by Gasteiger charge is 2.22. The molecule has 1 atom stereocenters. The van der Waals surface area contributed by atoms with Gasteiger partial charge in [-0.1, -0.05) is 30.3 Å². The van der Waals surface area contributed by atoms with E-state index in [4.69, 9.17) is 0 Å². The second kappa shape index (κ2) is 5.40. The SMILES string of the molecule is Cn1nccc1-c1nnc2n1CCC(c1ccccc1)CC2. The second-order valence-corrected chi connectivity index (χ2v) is 5.87. The molecule has 1 aromatic carbocycles. The lowest BCUT2D eigenvalue weighted by molar-refractivity contribution is 0.560. The fourth-order valence-electron chi connectivity index (χ4n) is 3.33. The van der Waals surface area contributed by atoms with Crippen LogP contribution in [0.1, 0.15) is 30.1 Å². The Morgan fingerprint density at radius 2 is 1.91 bits per heavy atom. The van der Waals surface area contributed by atoms with E-state index < -0.39 is 0 Å². The average Bonchev–Trinajstić information content (AvgIpc) is 3.08. The van der Waals surface area contributed by atoms with Gasteiger partial charge in [-0.3, -0.25) is 4.68 Å². The molecule has 0 amide bonds. The lowest BCUT2D eigenvalue weighted by Crippen LogP contribution is -2.06. The van der Waals surface area contributed by atoms with Gasteiger partial charge in [-0.2, -0.15) is 5.10 Å². The van der Waals surface area contributed by atoms with Crippen LogP contribution in [0, 0.1) is 0 Å². The first-order chi connectivity index (χ1) is 10.8. The van der Waals surface area contributed by atoms with Crippen LogP contribution in [0.2, 0.25) is 0 Å². The zero-order valence-corrected chi connectivity index (χ0v) is 12.7. The fourth-order valence-corrected chi connectivity index (χ4v) is 3.33. The largest absolute Gasteiger partial charge is 0.310 e. The predicted octanol–water partition coefficient (Wildman–Crippen LogP) is 2.80. The number of benzene rings is 1. The van der Waals surface area contributed by atoms with E-state index in [-0.39, 0.29) is 0 Å². The van der Waals surface area contributed by atoms with Gasteiger partial charge in [-0.05, 0) is 30.4 Å². The van der Waals surface area contributed by atoms with Crippen molar-refractivity contribution in [2.75, 3.05) is 0 Å². The van der Waals surface area contributed by atoms with Gasteiger partial charge in [-0.15, -0.1) is 10.2 Å². The molecule has 0 aliphatic carbocycles. The quantitative estimate of drug-likeness (QED) is 0.730. The third-order valence-electron chi connectivity index (χ3n) is 4.57. The van der Waals surface area contributed by atoms with Crippen molar-refractivity contribution in [1.29, 1.82) is 0 Å². The highest BCUT2D eigenvalue weighted by Crippen LogP contribution is 2.30. The Kier molecular flexibility index (Phi) is 3.25. The molecule has 0 fully saturated rings. The third-order valence-corrected chi connectivity index (χ3v) is 4.57. The maximum absolute atomic E-state index is 4.41. The molecule has 0 saturated carbocycles. The van der Waals surface area contributed by atoms with Gasteiger partial charge in [0.2, 0.25) is 0 Å². The predicted molar refractivity (Wildman–Crippen MR) is 84.3 cm³/mol. The molecule has 0 N–H and O–H groups in total. The Balaban J connectivity index is 1.63. The van der Waals surface area contributed by atoms with Crippen LogP contribution in [0.4, 0.5) is 0 Å². The summed E-state index contributed by atoms with van der Waals surface area (Å²) in [6.45, 7) is 0.961. The van der Waals surface area contributed by atoms with Crippen molar-refractivity contribution in [3.63, 3.8) is 0 Å². The summed E-state index contributed by atoms with van der Waals surface area (Å²) in [4.78, 5) is 0. The van der Waals surface area contributed by atoms with E-state index in [0.717, 1.165) is 43.1 Å². The van der Waals surface area contributed by atoms with Crippen molar-refractivity contribution in [2.24, 2.45) is 7.05 Å². The van der Waals surface area contributed by atoms with Gasteiger partial charge in [0.05, 0.1) is 0 Å². The van der Waals surface area contributed by atoms with E-state index in [0.29, 0.717) is 5.92 Å². The molecule has 1 unspecified atom stereocenters. The molecule has 3 aromatic rings. The van der Waals surface area contributed by atoms with Gasteiger partial charge >= 0.3 is 0 Å². The van der Waals surface area contributed by atoms with Gasteiger partial charge in [0.1, 0.15) is 11.5 Å². The fraction of sp³-hybridized carbons (Fsp3) is 0.353. The maximum atomic E-state index is 4.41. The topological polar surface area (TPSA) is 48.5 Å². The number of fused-ring (bicyclic) bond motifs is 1. The molecule has 1 aliphatic heterocycles. The van der Waals surface area contributed by atoms with Crippen molar-refractivity contribution < 1.29 is 0 Å². The first-order valence-electron chi connectivity index (χ1n) is 7.78. The Hall–Kier alpha value is -2.43. The van der Waals surface area contributed by atoms with Crippen molar-refractivity contribution in [2.45, 2.75) is 31.7 Å². The molecule has 3 heterocycles. The number of hydrogen-bond acceptors (Lipinski definition) is 3. The van der Waals surface area contributed by atoms with E-state index in [1.54, 1.807) is 6.20 Å². The summed E-state index contributed by atoms with van der Waals surface area (Å²) in [6, 6.07) is 12.8. The van der Waals surface area contributed by atoms with Crippen LogP contribution >= 0.6 is 0 Å². The molecule has 0 spiro atoms. The van der Waals surface area contributed by atoms with E-state index >= 15 is 0 Å². The molecule has 112 valence electrons. The highest BCUT2D eigenvalue weighted by atomic mass is 15.3. The minimum absolute atomic E-state index is 0.599. The smallest absolute Gasteiger partial charge is 0.182 e. The van der Waals surface area contributed by atoms with Crippen molar-refractivity contribution in [3.8, 4) is 11.5 Å². The van der Waals surface area contributed by atoms with Gasteiger partial charge in [-0.25, -0.2) is 0 Å². The summed E-state index contributed by atoms with van der Waals surface area (Å²) < 4.78 is 4.12. The van der Waals surface area contributed by atoms with E-state index in [1.165, 1.54) is 5.56 Å². The summed E-state index contributed by atoms with van der Waals surface area (Å²) in [6.07, 6.45) is 5.04. The third kappa shape index (κ3) is 2.22. The number of hydrogen-bond donors (Lipinski definition) is 0. The summed E-state index contributed by atoms with van der Waals surface area (Å²) in [5, 5.41) is 13.0. The molecular formula is C17H19N5. The standard InChI is InChI=1S/C17H19N5/c1-21-15(9-11-18-21)17-20-19-16-8-7-14(10-12-22(16)17)13-5-3-2-4-6-13/h2-6,9,11,14H,7-8,10,12H2,1H3. The number of nitrogens with zero attached hydrogens (tertiary/aromatic N) is 5. The van der Waals surface area contributed by atoms with Crippen LogP contribution in [-0.2, 0) is 20.0 Å². The van der Waals surface area contributed by atoms with E-state index in [1.807, 2.05) is 17.8 Å². The van der Waals surface area contributed by atoms with E-state index in [2.05, 4.69) is 50.2 Å². The highest BCUT2D eigenvalue weighted by molar-refractivity contribution is 5.49. The molecular weight excluding hydrogens is 274 g/mol. The van der Waals surface area contributed by atoms with Crippen molar-refractivity contribution in [3.05, 3.63) is 54.0 Å². The molecule has 4 rings (SSSR count). The summed E-state index contributed by atoms with van der Waals surface area (Å²) in [5.41, 5.74) is 2.46. The van der Waals surface area contributed by atoms with Gasteiger partial charge in [0.25, 0.3) is 0 Å².